The number of hydrogen-bond donors (Lipinski definition) is 1. The van der Waals surface area contributed by atoms with Crippen LogP contribution in [-0.2, 0) is 0 Å². The predicted molar refractivity (Wildman–Crippen MR) is 62.0 cm³/mol. The Labute approximate surface area is 91.6 Å². The molecule has 0 atom stereocenters. The average molecular weight is 227 g/mol. The Hall–Kier alpha value is -0.440. The number of halogens is 1. The monoisotopic (exact) mass is 226 g/mol. The second kappa shape index (κ2) is 3.74. The van der Waals surface area contributed by atoms with Gasteiger partial charge in [0, 0.05) is 15.5 Å². The van der Waals surface area contributed by atoms with E-state index in [1.165, 1.54) is 0 Å². The maximum absolute atomic E-state index is 6.05. The normalized spacial score (nSPS) is 10.3. The summed E-state index contributed by atoms with van der Waals surface area (Å²) in [5.41, 5.74) is 1.08. The Bertz CT molecular complexity index is 420. The Morgan fingerprint density at radius 2 is 1.85 bits per heavy atom. The van der Waals surface area contributed by atoms with E-state index in [0.29, 0.717) is 0 Å². The van der Waals surface area contributed by atoms with E-state index in [0.717, 1.165) is 19.7 Å². The SMILES string of the molecule is Sc1ccc(-c2ccccc2Cl)s1. The van der Waals surface area contributed by atoms with Crippen LogP contribution in [0.2, 0.25) is 5.02 Å². The van der Waals surface area contributed by atoms with Gasteiger partial charge in [-0.15, -0.1) is 24.0 Å². The molecule has 0 saturated heterocycles. The number of thiophene rings is 1. The quantitative estimate of drug-likeness (QED) is 0.687. The maximum Gasteiger partial charge on any atom is 0.0574 e. The minimum Gasteiger partial charge on any atom is -0.133 e. The summed E-state index contributed by atoms with van der Waals surface area (Å²) in [4.78, 5) is 1.16. The molecule has 0 bridgehead atoms. The fourth-order valence-electron chi connectivity index (χ4n) is 1.13. The van der Waals surface area contributed by atoms with Gasteiger partial charge in [0.2, 0.25) is 0 Å². The molecule has 0 radical (unpaired) electrons. The van der Waals surface area contributed by atoms with Gasteiger partial charge in [0.15, 0.2) is 0 Å². The van der Waals surface area contributed by atoms with Crippen LogP contribution in [0.5, 0.6) is 0 Å². The highest BCUT2D eigenvalue weighted by atomic mass is 35.5. The molecule has 0 N–H and O–H groups in total. The third-order valence-electron chi connectivity index (χ3n) is 1.73. The van der Waals surface area contributed by atoms with Crippen molar-refractivity contribution in [2.24, 2.45) is 0 Å². The van der Waals surface area contributed by atoms with E-state index in [1.807, 2.05) is 36.4 Å². The summed E-state index contributed by atoms with van der Waals surface area (Å²) in [6.07, 6.45) is 0. The van der Waals surface area contributed by atoms with Crippen LogP contribution in [0.25, 0.3) is 10.4 Å². The first-order valence-corrected chi connectivity index (χ1v) is 5.45. The first-order chi connectivity index (χ1) is 6.27. The summed E-state index contributed by atoms with van der Waals surface area (Å²) in [5, 5.41) is 0.790. The molecular formula is C10H7ClS2. The lowest BCUT2D eigenvalue weighted by Crippen LogP contribution is -1.72. The molecular weight excluding hydrogens is 220 g/mol. The molecule has 2 rings (SSSR count). The van der Waals surface area contributed by atoms with Gasteiger partial charge in [0.1, 0.15) is 0 Å². The summed E-state index contributed by atoms with van der Waals surface area (Å²) in [7, 11) is 0. The molecule has 0 aliphatic rings. The van der Waals surface area contributed by atoms with Crippen LogP contribution in [0, 0.1) is 0 Å². The van der Waals surface area contributed by atoms with E-state index in [9.17, 15) is 0 Å². The molecule has 0 unspecified atom stereocenters. The smallest absolute Gasteiger partial charge is 0.0574 e. The molecule has 1 heterocycles. The molecule has 2 aromatic rings. The highest BCUT2D eigenvalue weighted by Crippen LogP contribution is 2.34. The van der Waals surface area contributed by atoms with Gasteiger partial charge in [-0.2, -0.15) is 0 Å². The van der Waals surface area contributed by atoms with Gasteiger partial charge in [-0.25, -0.2) is 0 Å². The van der Waals surface area contributed by atoms with Crippen LogP contribution in [0.4, 0.5) is 0 Å². The van der Waals surface area contributed by atoms with Crippen molar-refractivity contribution in [3.8, 4) is 10.4 Å². The largest absolute Gasteiger partial charge is 0.133 e. The van der Waals surface area contributed by atoms with E-state index in [-0.39, 0.29) is 0 Å². The summed E-state index contributed by atoms with van der Waals surface area (Å²) in [6.45, 7) is 0. The lowest BCUT2D eigenvalue weighted by atomic mass is 10.2. The van der Waals surface area contributed by atoms with Crippen molar-refractivity contribution in [2.75, 3.05) is 0 Å². The highest BCUT2D eigenvalue weighted by molar-refractivity contribution is 7.83. The van der Waals surface area contributed by atoms with E-state index < -0.39 is 0 Å². The van der Waals surface area contributed by atoms with Crippen LogP contribution < -0.4 is 0 Å². The molecule has 0 aliphatic heterocycles. The second-order valence-corrected chi connectivity index (χ2v) is 4.89. The van der Waals surface area contributed by atoms with Crippen LogP contribution in [-0.4, -0.2) is 0 Å². The molecule has 0 fully saturated rings. The van der Waals surface area contributed by atoms with Crippen molar-refractivity contribution in [3.63, 3.8) is 0 Å². The third-order valence-corrected chi connectivity index (χ3v) is 3.40. The van der Waals surface area contributed by atoms with Crippen molar-refractivity contribution < 1.29 is 0 Å². The van der Waals surface area contributed by atoms with Gasteiger partial charge in [0.05, 0.1) is 4.21 Å². The summed E-state index contributed by atoms with van der Waals surface area (Å²) in [5.74, 6) is 0. The molecule has 0 saturated carbocycles. The molecule has 3 heteroatoms. The standard InChI is InChI=1S/C10H7ClS2/c11-8-4-2-1-3-7(8)9-5-6-10(12)13-9/h1-6,12H. The Balaban J connectivity index is 2.52. The topological polar surface area (TPSA) is 0 Å². The number of rotatable bonds is 1. The van der Waals surface area contributed by atoms with E-state index in [4.69, 9.17) is 11.6 Å². The maximum atomic E-state index is 6.05. The molecule has 0 nitrogen and oxygen atoms in total. The zero-order valence-electron chi connectivity index (χ0n) is 6.70. The molecule has 0 spiro atoms. The van der Waals surface area contributed by atoms with Gasteiger partial charge < -0.3 is 0 Å². The van der Waals surface area contributed by atoms with Gasteiger partial charge in [-0.1, -0.05) is 29.8 Å². The first kappa shape index (κ1) is 9.13. The highest BCUT2D eigenvalue weighted by Gasteiger charge is 2.03. The Morgan fingerprint density at radius 1 is 1.08 bits per heavy atom. The van der Waals surface area contributed by atoms with Crippen LogP contribution in [0.3, 0.4) is 0 Å². The lowest BCUT2D eigenvalue weighted by Gasteiger charge is -1.98. The van der Waals surface area contributed by atoms with Crippen LogP contribution >= 0.6 is 35.6 Å². The van der Waals surface area contributed by atoms with Crippen molar-refractivity contribution in [1.82, 2.24) is 0 Å². The van der Waals surface area contributed by atoms with Crippen LogP contribution in [0.1, 0.15) is 0 Å². The zero-order valence-corrected chi connectivity index (χ0v) is 9.16. The number of thiol groups is 1. The molecule has 1 aromatic carbocycles. The van der Waals surface area contributed by atoms with E-state index in [2.05, 4.69) is 12.6 Å². The fraction of sp³-hybridized carbons (Fsp3) is 0. The van der Waals surface area contributed by atoms with Crippen molar-refractivity contribution >= 4 is 35.6 Å². The minimum absolute atomic E-state index is 0.790. The number of benzene rings is 1. The second-order valence-electron chi connectivity index (χ2n) is 2.62. The Morgan fingerprint density at radius 3 is 2.46 bits per heavy atom. The zero-order chi connectivity index (χ0) is 9.26. The third kappa shape index (κ3) is 1.90. The van der Waals surface area contributed by atoms with Crippen molar-refractivity contribution in [1.29, 1.82) is 0 Å². The lowest BCUT2D eigenvalue weighted by molar-refractivity contribution is 1.69. The molecule has 66 valence electrons. The van der Waals surface area contributed by atoms with Crippen molar-refractivity contribution in [2.45, 2.75) is 4.21 Å². The van der Waals surface area contributed by atoms with E-state index in [1.54, 1.807) is 11.3 Å². The summed E-state index contributed by atoms with van der Waals surface area (Å²) in [6, 6.07) is 11.8. The van der Waals surface area contributed by atoms with Gasteiger partial charge in [-0.05, 0) is 18.2 Å². The molecule has 0 aliphatic carbocycles. The van der Waals surface area contributed by atoms with Crippen molar-refractivity contribution in [3.05, 3.63) is 41.4 Å². The number of hydrogen-bond acceptors (Lipinski definition) is 2. The van der Waals surface area contributed by atoms with Gasteiger partial charge in [0.25, 0.3) is 0 Å². The summed E-state index contributed by atoms with van der Waals surface area (Å²) < 4.78 is 1.01. The first-order valence-electron chi connectivity index (χ1n) is 3.81. The minimum atomic E-state index is 0.790. The molecule has 0 amide bonds. The molecule has 1 aromatic heterocycles. The molecule has 13 heavy (non-hydrogen) atoms. The van der Waals surface area contributed by atoms with Crippen LogP contribution in [0.15, 0.2) is 40.6 Å². The van der Waals surface area contributed by atoms with E-state index >= 15 is 0 Å². The fourth-order valence-corrected chi connectivity index (χ4v) is 2.58. The summed E-state index contributed by atoms with van der Waals surface area (Å²) >= 11 is 11.9. The predicted octanol–water partition coefficient (Wildman–Crippen LogP) is 4.36. The Kier molecular flexibility index (Phi) is 2.63. The van der Waals surface area contributed by atoms with Gasteiger partial charge in [-0.3, -0.25) is 0 Å². The van der Waals surface area contributed by atoms with Gasteiger partial charge >= 0.3 is 0 Å². The average Bonchev–Trinajstić information content (AvgIpc) is 2.53.